The quantitative estimate of drug-likeness (QED) is 0.702. The number of aliphatic carboxylic acids is 1. The second-order valence-electron chi connectivity index (χ2n) is 4.16. The molecule has 0 bridgehead atoms. The van der Waals surface area contributed by atoms with Crippen LogP contribution in [-0.4, -0.2) is 22.6 Å². The minimum atomic E-state index is -0.992. The van der Waals surface area contributed by atoms with E-state index in [4.69, 9.17) is 9.84 Å². The fraction of sp³-hybridized carbons (Fsp3) is 0.700. The summed E-state index contributed by atoms with van der Waals surface area (Å²) in [6.45, 7) is 8.70. The molecule has 0 rings (SSSR count). The van der Waals surface area contributed by atoms with E-state index in [-0.39, 0.29) is 18.8 Å². The van der Waals surface area contributed by atoms with E-state index >= 15 is 0 Å². The molecule has 1 atom stereocenters. The second kappa shape index (κ2) is 4.98. The molecule has 14 heavy (non-hydrogen) atoms. The third kappa shape index (κ3) is 6.46. The summed E-state index contributed by atoms with van der Waals surface area (Å²) in [4.78, 5) is 21.5. The number of carboxylic acid groups (broad SMARTS) is 1. The van der Waals surface area contributed by atoms with Crippen LogP contribution in [0, 0.1) is 12.8 Å². The molecule has 0 saturated heterocycles. The number of hydrogen-bond acceptors (Lipinski definition) is 3. The van der Waals surface area contributed by atoms with Crippen LogP contribution in [0.5, 0.6) is 0 Å². The number of rotatable bonds is 4. The minimum Gasteiger partial charge on any atom is -0.481 e. The Balaban J connectivity index is 3.81. The molecule has 0 fully saturated rings. The fourth-order valence-electron chi connectivity index (χ4n) is 0.808. The highest BCUT2D eigenvalue weighted by Crippen LogP contribution is 2.11. The summed E-state index contributed by atoms with van der Waals surface area (Å²) in [6.07, 6.45) is 0.308. The van der Waals surface area contributed by atoms with Crippen LogP contribution in [0.1, 0.15) is 33.6 Å². The standard InChI is InChI=1S/C10H17O4/c1-7(9(12)13)5-6-8(11)14-10(2,3)4/h7H,1,5-6H2,2-4H3,(H,12,13). The largest absolute Gasteiger partial charge is 0.481 e. The molecule has 0 aromatic heterocycles. The van der Waals surface area contributed by atoms with E-state index < -0.39 is 17.5 Å². The molecule has 0 aliphatic heterocycles. The molecule has 81 valence electrons. The zero-order valence-electron chi connectivity index (χ0n) is 8.87. The third-order valence-electron chi connectivity index (χ3n) is 1.47. The Morgan fingerprint density at radius 1 is 1.43 bits per heavy atom. The second-order valence-corrected chi connectivity index (χ2v) is 4.16. The van der Waals surface area contributed by atoms with Crippen LogP contribution in [0.15, 0.2) is 0 Å². The van der Waals surface area contributed by atoms with Crippen molar-refractivity contribution >= 4 is 11.9 Å². The van der Waals surface area contributed by atoms with Crippen molar-refractivity contribution in [1.29, 1.82) is 0 Å². The first-order valence-corrected chi connectivity index (χ1v) is 4.50. The van der Waals surface area contributed by atoms with Crippen LogP contribution in [0.3, 0.4) is 0 Å². The van der Waals surface area contributed by atoms with Gasteiger partial charge in [0, 0.05) is 6.42 Å². The van der Waals surface area contributed by atoms with Gasteiger partial charge >= 0.3 is 11.9 Å². The highest BCUT2D eigenvalue weighted by Gasteiger charge is 2.18. The van der Waals surface area contributed by atoms with E-state index in [0.29, 0.717) is 0 Å². The average molecular weight is 201 g/mol. The average Bonchev–Trinajstić information content (AvgIpc) is 1.96. The van der Waals surface area contributed by atoms with Crippen molar-refractivity contribution in [3.05, 3.63) is 6.92 Å². The molecule has 0 spiro atoms. The lowest BCUT2D eigenvalue weighted by atomic mass is 10.1. The number of esters is 1. The molecule has 0 aromatic carbocycles. The zero-order valence-corrected chi connectivity index (χ0v) is 8.87. The van der Waals surface area contributed by atoms with Crippen molar-refractivity contribution in [3.63, 3.8) is 0 Å². The Morgan fingerprint density at radius 3 is 2.29 bits per heavy atom. The summed E-state index contributed by atoms with van der Waals surface area (Å²) in [5, 5.41) is 8.51. The monoisotopic (exact) mass is 201 g/mol. The molecule has 0 heterocycles. The molecular formula is C10H17O4. The maximum Gasteiger partial charge on any atom is 0.306 e. The molecule has 1 N–H and O–H groups in total. The van der Waals surface area contributed by atoms with E-state index in [9.17, 15) is 9.59 Å². The van der Waals surface area contributed by atoms with E-state index in [2.05, 4.69) is 6.92 Å². The minimum absolute atomic E-state index is 0.0950. The lowest BCUT2D eigenvalue weighted by molar-refractivity contribution is -0.155. The Morgan fingerprint density at radius 2 is 1.93 bits per heavy atom. The number of carbonyl (C=O) groups excluding carboxylic acids is 1. The molecule has 0 aliphatic carbocycles. The van der Waals surface area contributed by atoms with Gasteiger partial charge in [-0.15, -0.1) is 0 Å². The molecule has 0 amide bonds. The predicted molar refractivity (Wildman–Crippen MR) is 51.6 cm³/mol. The van der Waals surface area contributed by atoms with E-state index in [1.807, 2.05) is 0 Å². The van der Waals surface area contributed by atoms with Gasteiger partial charge < -0.3 is 9.84 Å². The van der Waals surface area contributed by atoms with E-state index in [0.717, 1.165) is 0 Å². The first-order valence-electron chi connectivity index (χ1n) is 4.50. The fourth-order valence-corrected chi connectivity index (χ4v) is 0.808. The SMILES string of the molecule is [CH2]C(CCC(=O)OC(C)(C)C)C(=O)O. The Labute approximate surface area is 84.3 Å². The highest BCUT2D eigenvalue weighted by molar-refractivity contribution is 5.73. The molecule has 0 aliphatic rings. The van der Waals surface area contributed by atoms with Crippen LogP contribution in [-0.2, 0) is 14.3 Å². The van der Waals surface area contributed by atoms with Crippen LogP contribution in [0.2, 0.25) is 0 Å². The number of carbonyl (C=O) groups is 2. The normalized spacial score (nSPS) is 13.4. The van der Waals surface area contributed by atoms with Crippen molar-refractivity contribution in [2.45, 2.75) is 39.2 Å². The van der Waals surface area contributed by atoms with Gasteiger partial charge in [-0.1, -0.05) is 0 Å². The maximum atomic E-state index is 11.1. The van der Waals surface area contributed by atoms with Crippen molar-refractivity contribution < 1.29 is 19.4 Å². The summed E-state index contributed by atoms with van der Waals surface area (Å²) in [6, 6.07) is 0. The van der Waals surface area contributed by atoms with Gasteiger partial charge in [-0.25, -0.2) is 0 Å². The number of hydrogen-bond donors (Lipinski definition) is 1. The molecule has 4 heteroatoms. The van der Waals surface area contributed by atoms with Gasteiger partial charge in [0.1, 0.15) is 5.60 Å². The summed E-state index contributed by atoms with van der Waals surface area (Å²) >= 11 is 0. The summed E-state index contributed by atoms with van der Waals surface area (Å²) < 4.78 is 5.01. The Kier molecular flexibility index (Phi) is 4.60. The molecule has 0 saturated carbocycles. The van der Waals surface area contributed by atoms with Crippen molar-refractivity contribution in [1.82, 2.24) is 0 Å². The molecular weight excluding hydrogens is 184 g/mol. The van der Waals surface area contributed by atoms with Crippen LogP contribution in [0.4, 0.5) is 0 Å². The van der Waals surface area contributed by atoms with Crippen LogP contribution < -0.4 is 0 Å². The molecule has 1 unspecified atom stereocenters. The van der Waals surface area contributed by atoms with Crippen LogP contribution in [0.25, 0.3) is 0 Å². The lowest BCUT2D eigenvalue weighted by Crippen LogP contribution is -2.24. The summed E-state index contributed by atoms with van der Waals surface area (Å²) in [7, 11) is 0. The summed E-state index contributed by atoms with van der Waals surface area (Å²) in [5.74, 6) is -2.12. The topological polar surface area (TPSA) is 63.6 Å². The van der Waals surface area contributed by atoms with Gasteiger partial charge in [-0.3, -0.25) is 9.59 Å². The van der Waals surface area contributed by atoms with Crippen molar-refractivity contribution in [3.8, 4) is 0 Å². The lowest BCUT2D eigenvalue weighted by Gasteiger charge is -2.19. The zero-order chi connectivity index (χ0) is 11.4. The van der Waals surface area contributed by atoms with Gasteiger partial charge in [0.15, 0.2) is 0 Å². The Hall–Kier alpha value is -1.06. The Bertz CT molecular complexity index is 215. The first kappa shape index (κ1) is 12.9. The van der Waals surface area contributed by atoms with Crippen LogP contribution >= 0.6 is 0 Å². The van der Waals surface area contributed by atoms with Gasteiger partial charge in [0.2, 0.25) is 0 Å². The molecule has 1 radical (unpaired) electrons. The molecule has 0 aromatic rings. The van der Waals surface area contributed by atoms with Gasteiger partial charge in [-0.2, -0.15) is 0 Å². The maximum absolute atomic E-state index is 11.1. The van der Waals surface area contributed by atoms with Gasteiger partial charge in [-0.05, 0) is 34.1 Å². The summed E-state index contributed by atoms with van der Waals surface area (Å²) in [5.41, 5.74) is -0.517. The van der Waals surface area contributed by atoms with Gasteiger partial charge in [0.25, 0.3) is 0 Å². The van der Waals surface area contributed by atoms with Gasteiger partial charge in [0.05, 0.1) is 5.92 Å². The van der Waals surface area contributed by atoms with E-state index in [1.54, 1.807) is 20.8 Å². The number of ether oxygens (including phenoxy) is 1. The molecule has 4 nitrogen and oxygen atoms in total. The third-order valence-corrected chi connectivity index (χ3v) is 1.47. The highest BCUT2D eigenvalue weighted by atomic mass is 16.6. The van der Waals surface area contributed by atoms with Crippen molar-refractivity contribution in [2.24, 2.45) is 5.92 Å². The smallest absolute Gasteiger partial charge is 0.306 e. The number of carboxylic acids is 1. The van der Waals surface area contributed by atoms with Crippen molar-refractivity contribution in [2.75, 3.05) is 0 Å². The first-order chi connectivity index (χ1) is 6.22. The predicted octanol–water partition coefficient (Wildman–Crippen LogP) is 1.64. The van der Waals surface area contributed by atoms with E-state index in [1.165, 1.54) is 0 Å².